The molecule has 0 saturated carbocycles. The quantitative estimate of drug-likeness (QED) is 0.519. The van der Waals surface area contributed by atoms with Crippen LogP contribution in [0.25, 0.3) is 11.0 Å². The van der Waals surface area contributed by atoms with Gasteiger partial charge in [-0.25, -0.2) is 4.79 Å². The highest BCUT2D eigenvalue weighted by atomic mass is 16.4. The Labute approximate surface area is 172 Å². The molecule has 0 atom stereocenters. The number of imide groups is 1. The molecule has 4 rings (SSSR count). The number of aryl methyl sites for hydroxylation is 2. The molecule has 2 heterocycles. The molecule has 0 radical (unpaired) electrons. The van der Waals surface area contributed by atoms with Gasteiger partial charge in [-0.3, -0.25) is 19.3 Å². The van der Waals surface area contributed by atoms with Crippen molar-refractivity contribution < 1.29 is 18.8 Å². The molecule has 0 aliphatic carbocycles. The van der Waals surface area contributed by atoms with Crippen LogP contribution in [0.3, 0.4) is 0 Å². The minimum Gasteiger partial charge on any atom is -0.423 e. The van der Waals surface area contributed by atoms with Gasteiger partial charge in [0.2, 0.25) is 5.91 Å². The van der Waals surface area contributed by atoms with Crippen LogP contribution in [0.2, 0.25) is 0 Å². The van der Waals surface area contributed by atoms with Gasteiger partial charge in [0.05, 0.1) is 11.1 Å². The molecule has 152 valence electrons. The Kier molecular flexibility index (Phi) is 4.95. The van der Waals surface area contributed by atoms with E-state index in [1.165, 1.54) is 11.0 Å². The molecule has 0 spiro atoms. The zero-order valence-corrected chi connectivity index (χ0v) is 16.7. The van der Waals surface area contributed by atoms with Crippen LogP contribution in [0.4, 0.5) is 5.69 Å². The zero-order valence-electron chi connectivity index (χ0n) is 16.7. The van der Waals surface area contributed by atoms with Gasteiger partial charge >= 0.3 is 5.63 Å². The van der Waals surface area contributed by atoms with Crippen molar-refractivity contribution in [2.45, 2.75) is 26.7 Å². The molecule has 7 heteroatoms. The number of carbonyl (C=O) groups excluding carboxylic acids is 3. The lowest BCUT2D eigenvalue weighted by atomic mass is 10.1. The summed E-state index contributed by atoms with van der Waals surface area (Å²) < 4.78 is 5.19. The summed E-state index contributed by atoms with van der Waals surface area (Å²) in [5, 5.41) is 3.56. The van der Waals surface area contributed by atoms with Gasteiger partial charge in [-0.05, 0) is 50.1 Å². The summed E-state index contributed by atoms with van der Waals surface area (Å²) >= 11 is 0. The van der Waals surface area contributed by atoms with E-state index in [-0.39, 0.29) is 30.7 Å². The number of carbonyl (C=O) groups is 3. The van der Waals surface area contributed by atoms with Gasteiger partial charge < -0.3 is 9.73 Å². The number of nitrogens with one attached hydrogen (secondary N) is 1. The Balaban J connectivity index is 1.37. The third-order valence-corrected chi connectivity index (χ3v) is 5.15. The predicted octanol–water partition coefficient (Wildman–Crippen LogP) is 3.42. The Hall–Kier alpha value is -3.74. The number of hydrogen-bond acceptors (Lipinski definition) is 5. The Morgan fingerprint density at radius 2 is 1.73 bits per heavy atom. The standard InChI is InChI=1S/C23H20N2O5/c1-13-5-7-17-18(10-13)23(29)25(22(17)28)9-3-4-20(26)24-15-6-8-16-14(2)11-21(27)30-19(16)12-15/h5-8,10-12H,3-4,9H2,1-2H3,(H,24,26). The normalized spacial score (nSPS) is 13.1. The lowest BCUT2D eigenvalue weighted by Gasteiger charge is -2.13. The predicted molar refractivity (Wildman–Crippen MR) is 112 cm³/mol. The van der Waals surface area contributed by atoms with Gasteiger partial charge in [0.25, 0.3) is 11.8 Å². The van der Waals surface area contributed by atoms with Crippen molar-refractivity contribution in [1.82, 2.24) is 4.90 Å². The summed E-state index contributed by atoms with van der Waals surface area (Å²) in [6, 6.07) is 11.7. The zero-order chi connectivity index (χ0) is 21.4. The molecule has 7 nitrogen and oxygen atoms in total. The fourth-order valence-corrected chi connectivity index (χ4v) is 3.63. The first kappa shape index (κ1) is 19.6. The highest BCUT2D eigenvalue weighted by Gasteiger charge is 2.34. The van der Waals surface area contributed by atoms with Gasteiger partial charge in [0.1, 0.15) is 5.58 Å². The van der Waals surface area contributed by atoms with E-state index in [0.29, 0.717) is 28.8 Å². The molecule has 1 aliphatic heterocycles. The highest BCUT2D eigenvalue weighted by molar-refractivity contribution is 6.21. The van der Waals surface area contributed by atoms with E-state index >= 15 is 0 Å². The maximum absolute atomic E-state index is 12.5. The first-order chi connectivity index (χ1) is 14.3. The third kappa shape index (κ3) is 3.61. The van der Waals surface area contributed by atoms with Crippen LogP contribution in [0.5, 0.6) is 0 Å². The first-order valence-electron chi connectivity index (χ1n) is 9.65. The molecule has 3 amide bonds. The van der Waals surface area contributed by atoms with Crippen LogP contribution in [-0.2, 0) is 4.79 Å². The average Bonchev–Trinajstić information content (AvgIpc) is 2.91. The number of rotatable bonds is 5. The number of nitrogens with zero attached hydrogens (tertiary/aromatic N) is 1. The maximum Gasteiger partial charge on any atom is 0.336 e. The van der Waals surface area contributed by atoms with Crippen molar-refractivity contribution in [2.24, 2.45) is 0 Å². The van der Waals surface area contributed by atoms with Crippen LogP contribution in [0, 0.1) is 13.8 Å². The molecular formula is C23H20N2O5. The molecule has 30 heavy (non-hydrogen) atoms. The maximum atomic E-state index is 12.5. The van der Waals surface area contributed by atoms with Crippen LogP contribution < -0.4 is 10.9 Å². The van der Waals surface area contributed by atoms with Crippen LogP contribution in [-0.4, -0.2) is 29.2 Å². The van der Waals surface area contributed by atoms with Gasteiger partial charge in [-0.15, -0.1) is 0 Å². The molecule has 2 aromatic carbocycles. The van der Waals surface area contributed by atoms with E-state index in [0.717, 1.165) is 16.5 Å². The summed E-state index contributed by atoms with van der Waals surface area (Å²) in [6.45, 7) is 3.85. The number of hydrogen-bond donors (Lipinski definition) is 1. The fourth-order valence-electron chi connectivity index (χ4n) is 3.63. The lowest BCUT2D eigenvalue weighted by Crippen LogP contribution is -2.31. The van der Waals surface area contributed by atoms with Crippen molar-refractivity contribution in [1.29, 1.82) is 0 Å². The summed E-state index contributed by atoms with van der Waals surface area (Å²) in [6.07, 6.45) is 0.486. The molecule has 0 fully saturated rings. The fraction of sp³-hybridized carbons (Fsp3) is 0.217. The van der Waals surface area contributed by atoms with E-state index in [2.05, 4.69) is 5.32 Å². The van der Waals surface area contributed by atoms with Crippen molar-refractivity contribution in [2.75, 3.05) is 11.9 Å². The van der Waals surface area contributed by atoms with E-state index in [1.807, 2.05) is 13.8 Å². The molecular weight excluding hydrogens is 384 g/mol. The molecule has 0 bridgehead atoms. The van der Waals surface area contributed by atoms with E-state index in [4.69, 9.17) is 4.42 Å². The summed E-state index contributed by atoms with van der Waals surface area (Å²) in [5.74, 6) is -0.897. The van der Waals surface area contributed by atoms with Gasteiger partial charge in [-0.2, -0.15) is 0 Å². The SMILES string of the molecule is Cc1ccc2c(c1)C(=O)N(CCCC(=O)Nc1ccc3c(C)cc(=O)oc3c1)C2=O. The molecule has 0 unspecified atom stereocenters. The van der Waals surface area contributed by atoms with Gasteiger partial charge in [0, 0.05) is 36.2 Å². The Bertz CT molecular complexity index is 1260. The molecule has 3 aromatic rings. The van der Waals surface area contributed by atoms with Gasteiger partial charge in [-0.1, -0.05) is 11.6 Å². The topological polar surface area (TPSA) is 96.7 Å². The van der Waals surface area contributed by atoms with Gasteiger partial charge in [0.15, 0.2) is 0 Å². The second-order valence-corrected chi connectivity index (χ2v) is 7.42. The number of benzene rings is 2. The summed E-state index contributed by atoms with van der Waals surface area (Å²) in [4.78, 5) is 49.9. The minimum absolute atomic E-state index is 0.141. The van der Waals surface area contributed by atoms with Crippen molar-refractivity contribution in [3.8, 4) is 0 Å². The van der Waals surface area contributed by atoms with E-state index in [9.17, 15) is 19.2 Å². The highest BCUT2D eigenvalue weighted by Crippen LogP contribution is 2.24. The number of anilines is 1. The minimum atomic E-state index is -0.445. The van der Waals surface area contributed by atoms with E-state index < -0.39 is 5.63 Å². The Morgan fingerprint density at radius 1 is 0.967 bits per heavy atom. The first-order valence-corrected chi connectivity index (χ1v) is 9.65. The third-order valence-electron chi connectivity index (χ3n) is 5.15. The largest absolute Gasteiger partial charge is 0.423 e. The molecule has 1 N–H and O–H groups in total. The monoisotopic (exact) mass is 404 g/mol. The molecule has 1 aromatic heterocycles. The van der Waals surface area contributed by atoms with Crippen molar-refractivity contribution >= 4 is 34.4 Å². The Morgan fingerprint density at radius 3 is 2.53 bits per heavy atom. The second kappa shape index (κ2) is 7.59. The summed E-state index contributed by atoms with van der Waals surface area (Å²) in [7, 11) is 0. The summed E-state index contributed by atoms with van der Waals surface area (Å²) in [5.41, 5.74) is 3.00. The number of amides is 3. The smallest absolute Gasteiger partial charge is 0.336 e. The molecule has 1 aliphatic rings. The number of fused-ring (bicyclic) bond motifs is 2. The molecule has 0 saturated heterocycles. The van der Waals surface area contributed by atoms with Crippen LogP contribution in [0.1, 0.15) is 44.7 Å². The van der Waals surface area contributed by atoms with Crippen LogP contribution >= 0.6 is 0 Å². The van der Waals surface area contributed by atoms with Crippen molar-refractivity contribution in [3.63, 3.8) is 0 Å². The lowest BCUT2D eigenvalue weighted by molar-refractivity contribution is -0.116. The van der Waals surface area contributed by atoms with E-state index in [1.54, 1.807) is 36.4 Å². The van der Waals surface area contributed by atoms with Crippen molar-refractivity contribution in [3.05, 3.63) is 75.1 Å². The van der Waals surface area contributed by atoms with Crippen LogP contribution in [0.15, 0.2) is 51.7 Å². The average molecular weight is 404 g/mol. The second-order valence-electron chi connectivity index (χ2n) is 7.42.